The summed E-state index contributed by atoms with van der Waals surface area (Å²) in [7, 11) is 2.05. The van der Waals surface area contributed by atoms with Crippen molar-refractivity contribution in [3.63, 3.8) is 0 Å². The Bertz CT molecular complexity index is 1930. The van der Waals surface area contributed by atoms with E-state index in [-0.39, 0.29) is 48.4 Å². The zero-order valence-electron chi connectivity index (χ0n) is 26.5. The van der Waals surface area contributed by atoms with Crippen molar-refractivity contribution < 1.29 is 29.3 Å². The van der Waals surface area contributed by atoms with E-state index >= 15 is 0 Å². The van der Waals surface area contributed by atoms with Crippen LogP contribution in [0.3, 0.4) is 0 Å². The molecule has 3 unspecified atom stereocenters. The molecule has 246 valence electrons. The number of carbonyl (C=O) groups is 2. The van der Waals surface area contributed by atoms with E-state index in [1.54, 1.807) is 35.2 Å². The number of carbonyl (C=O) groups excluding carboxylic acids is 2. The molecular formula is C34H38N6O7. The number of hydrogen-bond acceptors (Lipinski definition) is 10. The Morgan fingerprint density at radius 3 is 2.72 bits per heavy atom. The standard InChI is InChI=1S/C34H38N6O7/c1-17-10-21(12-28-29(17)27(42)11-18(2)47-28)46-16-20(41)15-36-24-4-7-35-32(43)30(24)31-37-25-13-22-23(14-26(25)38-31)34(45)40(33(22)44)19-5-8-39(3)9-6-19/h4,7,10,12-14,18-20,33,41,44H,5-6,8-9,11,15-16H2,1-3H3,(H,37,38)(H2,35,36,43). The molecule has 3 aliphatic heterocycles. The largest absolute Gasteiger partial charge is 0.491 e. The van der Waals surface area contributed by atoms with E-state index in [0.29, 0.717) is 51.3 Å². The van der Waals surface area contributed by atoms with Gasteiger partial charge in [0.25, 0.3) is 11.5 Å². The number of anilines is 1. The quantitative estimate of drug-likeness (QED) is 0.192. The summed E-state index contributed by atoms with van der Waals surface area (Å²) in [6.07, 6.45) is 1.21. The third kappa shape index (κ3) is 5.75. The number of aromatic amines is 2. The number of aliphatic hydroxyl groups excluding tert-OH is 2. The lowest BCUT2D eigenvalue weighted by molar-refractivity contribution is -0.0155. The first-order valence-electron chi connectivity index (χ1n) is 15.9. The predicted molar refractivity (Wildman–Crippen MR) is 174 cm³/mol. The van der Waals surface area contributed by atoms with Gasteiger partial charge in [0.15, 0.2) is 12.0 Å². The summed E-state index contributed by atoms with van der Waals surface area (Å²) in [5, 5.41) is 25.0. The lowest BCUT2D eigenvalue weighted by Gasteiger charge is -2.36. The predicted octanol–water partition coefficient (Wildman–Crippen LogP) is 2.97. The zero-order valence-corrected chi connectivity index (χ0v) is 26.5. The Labute approximate surface area is 270 Å². The fourth-order valence-electron chi connectivity index (χ4n) is 6.85. The first-order valence-corrected chi connectivity index (χ1v) is 15.9. The van der Waals surface area contributed by atoms with Gasteiger partial charge in [-0.25, -0.2) is 4.98 Å². The molecule has 7 rings (SSSR count). The molecule has 5 heterocycles. The number of Topliss-reactive ketones (excluding diaryl/α,β-unsaturated/α-hetero) is 1. The first kappa shape index (κ1) is 30.9. The molecule has 0 saturated carbocycles. The number of amides is 1. The lowest BCUT2D eigenvalue weighted by Crippen LogP contribution is -2.45. The van der Waals surface area contributed by atoms with E-state index in [0.717, 1.165) is 31.5 Å². The summed E-state index contributed by atoms with van der Waals surface area (Å²) >= 11 is 0. The number of rotatable bonds is 8. The third-order valence-electron chi connectivity index (χ3n) is 9.26. The smallest absolute Gasteiger partial charge is 0.261 e. The van der Waals surface area contributed by atoms with Crippen LogP contribution >= 0.6 is 0 Å². The Balaban J connectivity index is 1.06. The highest BCUT2D eigenvalue weighted by Crippen LogP contribution is 2.38. The number of hydrogen-bond donors (Lipinski definition) is 5. The van der Waals surface area contributed by atoms with Gasteiger partial charge >= 0.3 is 0 Å². The molecule has 3 aliphatic rings. The minimum absolute atomic E-state index is 0.0363. The number of H-pyrrole nitrogens is 2. The van der Waals surface area contributed by atoms with E-state index in [1.807, 2.05) is 20.9 Å². The molecule has 13 heteroatoms. The fourth-order valence-corrected chi connectivity index (χ4v) is 6.85. The molecule has 0 aliphatic carbocycles. The number of aliphatic hydroxyl groups is 2. The molecule has 0 radical (unpaired) electrons. The topological polar surface area (TPSA) is 173 Å². The Hall–Kier alpha value is -4.72. The third-order valence-corrected chi connectivity index (χ3v) is 9.26. The van der Waals surface area contributed by atoms with Gasteiger partial charge in [-0.05, 0) is 76.7 Å². The molecule has 2 aromatic carbocycles. The van der Waals surface area contributed by atoms with Crippen LogP contribution in [0.5, 0.6) is 11.5 Å². The number of pyridine rings is 1. The van der Waals surface area contributed by atoms with E-state index < -0.39 is 17.9 Å². The number of likely N-dealkylation sites (tertiary alicyclic amines) is 1. The van der Waals surface area contributed by atoms with Crippen LogP contribution in [0.1, 0.15) is 64.3 Å². The van der Waals surface area contributed by atoms with Gasteiger partial charge < -0.3 is 44.8 Å². The van der Waals surface area contributed by atoms with Crippen LogP contribution in [-0.2, 0) is 0 Å². The molecule has 13 nitrogen and oxygen atoms in total. The molecule has 0 spiro atoms. The number of benzene rings is 2. The molecule has 1 saturated heterocycles. The van der Waals surface area contributed by atoms with Crippen LogP contribution in [0, 0.1) is 6.92 Å². The maximum atomic E-state index is 13.4. The highest BCUT2D eigenvalue weighted by Gasteiger charge is 2.41. The fraction of sp³-hybridized carbons (Fsp3) is 0.412. The summed E-state index contributed by atoms with van der Waals surface area (Å²) in [6, 6.07) is 8.45. The van der Waals surface area contributed by atoms with Gasteiger partial charge in [0.05, 0.1) is 22.3 Å². The summed E-state index contributed by atoms with van der Waals surface area (Å²) in [5.41, 5.74) is 3.59. The molecule has 0 bridgehead atoms. The lowest BCUT2D eigenvalue weighted by atomic mass is 9.97. The van der Waals surface area contributed by atoms with E-state index in [1.165, 1.54) is 6.20 Å². The van der Waals surface area contributed by atoms with Crippen molar-refractivity contribution in [2.45, 2.75) is 57.6 Å². The summed E-state index contributed by atoms with van der Waals surface area (Å²) in [6.45, 7) is 5.41. The van der Waals surface area contributed by atoms with Gasteiger partial charge in [0.2, 0.25) is 0 Å². The minimum atomic E-state index is -1.06. The number of nitrogens with one attached hydrogen (secondary N) is 3. The average molecular weight is 643 g/mol. The molecule has 4 aromatic rings. The average Bonchev–Trinajstić information content (AvgIpc) is 3.55. The number of aromatic nitrogens is 3. The Morgan fingerprint density at radius 2 is 1.94 bits per heavy atom. The number of imidazole rings is 1. The highest BCUT2D eigenvalue weighted by atomic mass is 16.5. The number of fused-ring (bicyclic) bond motifs is 3. The van der Waals surface area contributed by atoms with Crippen LogP contribution in [-0.4, -0.2) is 98.2 Å². The number of nitrogens with zero attached hydrogens (tertiary/aromatic N) is 3. The molecular weight excluding hydrogens is 604 g/mol. The van der Waals surface area contributed by atoms with Gasteiger partial charge in [-0.3, -0.25) is 14.4 Å². The van der Waals surface area contributed by atoms with Gasteiger partial charge in [0, 0.05) is 42.4 Å². The van der Waals surface area contributed by atoms with E-state index in [4.69, 9.17) is 9.47 Å². The van der Waals surface area contributed by atoms with Crippen LogP contribution < -0.4 is 20.3 Å². The minimum Gasteiger partial charge on any atom is -0.491 e. The second-order valence-electron chi connectivity index (χ2n) is 12.8. The monoisotopic (exact) mass is 642 g/mol. The van der Waals surface area contributed by atoms with Crippen LogP contribution in [0.15, 0.2) is 41.3 Å². The van der Waals surface area contributed by atoms with Gasteiger partial charge in [-0.15, -0.1) is 0 Å². The summed E-state index contributed by atoms with van der Waals surface area (Å²) in [5.74, 6) is 1.06. The normalized spacial score (nSPS) is 20.7. The van der Waals surface area contributed by atoms with E-state index in [2.05, 4.69) is 25.2 Å². The molecule has 1 fully saturated rings. The maximum Gasteiger partial charge on any atom is 0.261 e. The van der Waals surface area contributed by atoms with Crippen molar-refractivity contribution in [3.8, 4) is 22.9 Å². The SMILES string of the molecule is Cc1cc(OCC(O)CNc2cc[nH]c(=O)c2-c2nc3cc4c(cc3[nH]2)C(=O)N(C2CCN(C)CC2)C4O)cc2c1C(=O)CC(C)O2. The Kier molecular flexibility index (Phi) is 7.98. The Morgan fingerprint density at radius 1 is 1.15 bits per heavy atom. The first-order chi connectivity index (χ1) is 22.6. The van der Waals surface area contributed by atoms with Crippen molar-refractivity contribution in [1.29, 1.82) is 0 Å². The van der Waals surface area contributed by atoms with Crippen molar-refractivity contribution >= 4 is 28.4 Å². The number of ether oxygens (including phenoxy) is 2. The number of piperidine rings is 1. The van der Waals surface area contributed by atoms with E-state index in [9.17, 15) is 24.6 Å². The number of aryl methyl sites for hydroxylation is 1. The second kappa shape index (κ2) is 12.1. The molecule has 47 heavy (non-hydrogen) atoms. The van der Waals surface area contributed by atoms with Crippen LogP contribution in [0.4, 0.5) is 5.69 Å². The summed E-state index contributed by atoms with van der Waals surface area (Å²) < 4.78 is 11.7. The molecule has 1 amide bonds. The molecule has 3 atom stereocenters. The van der Waals surface area contributed by atoms with Crippen molar-refractivity contribution in [1.82, 2.24) is 24.8 Å². The zero-order chi connectivity index (χ0) is 33.0. The molecule has 5 N–H and O–H groups in total. The molecule has 2 aromatic heterocycles. The summed E-state index contributed by atoms with van der Waals surface area (Å²) in [4.78, 5) is 53.2. The van der Waals surface area contributed by atoms with Gasteiger partial charge in [-0.2, -0.15) is 0 Å². The maximum absolute atomic E-state index is 13.4. The van der Waals surface area contributed by atoms with Crippen molar-refractivity contribution in [2.24, 2.45) is 0 Å². The number of ketones is 1. The van der Waals surface area contributed by atoms with Gasteiger partial charge in [0.1, 0.15) is 41.7 Å². The highest BCUT2D eigenvalue weighted by molar-refractivity contribution is 6.03. The van der Waals surface area contributed by atoms with Crippen molar-refractivity contribution in [2.75, 3.05) is 38.6 Å². The second-order valence-corrected chi connectivity index (χ2v) is 12.8. The van der Waals surface area contributed by atoms with Crippen LogP contribution in [0.25, 0.3) is 22.4 Å². The van der Waals surface area contributed by atoms with Gasteiger partial charge in [-0.1, -0.05) is 0 Å². The van der Waals surface area contributed by atoms with Crippen LogP contribution in [0.2, 0.25) is 0 Å². The van der Waals surface area contributed by atoms with Crippen molar-refractivity contribution in [3.05, 3.63) is 69.1 Å².